The van der Waals surface area contributed by atoms with Crippen molar-refractivity contribution in [3.63, 3.8) is 0 Å². The zero-order chi connectivity index (χ0) is 17.7. The Morgan fingerprint density at radius 1 is 1.24 bits per heavy atom. The predicted octanol–water partition coefficient (Wildman–Crippen LogP) is 3.30. The van der Waals surface area contributed by atoms with Crippen LogP contribution in [0.15, 0.2) is 24.3 Å². The van der Waals surface area contributed by atoms with Gasteiger partial charge < -0.3 is 19.7 Å². The SMILES string of the molecule is CO[C@](C)(C(=O)Nc1ccc(OCCCN2CCCC2)cc1)C1CC1. The van der Waals surface area contributed by atoms with Crippen LogP contribution in [0.4, 0.5) is 5.69 Å². The fourth-order valence-corrected chi connectivity index (χ4v) is 3.45. The Morgan fingerprint density at radius 2 is 1.92 bits per heavy atom. The number of methoxy groups -OCH3 is 1. The highest BCUT2D eigenvalue weighted by atomic mass is 16.5. The molecule has 1 aliphatic carbocycles. The van der Waals surface area contributed by atoms with E-state index in [1.165, 1.54) is 25.9 Å². The fourth-order valence-electron chi connectivity index (χ4n) is 3.45. The highest BCUT2D eigenvalue weighted by Crippen LogP contribution is 2.42. The average Bonchev–Trinajstić information content (AvgIpc) is 3.36. The van der Waals surface area contributed by atoms with E-state index in [9.17, 15) is 4.79 Å². The summed E-state index contributed by atoms with van der Waals surface area (Å²) in [5.74, 6) is 1.10. The zero-order valence-corrected chi connectivity index (χ0v) is 15.4. The van der Waals surface area contributed by atoms with Crippen LogP contribution in [0.5, 0.6) is 5.75 Å². The Kier molecular flexibility index (Phi) is 5.97. The average molecular weight is 346 g/mol. The Balaban J connectivity index is 1.42. The summed E-state index contributed by atoms with van der Waals surface area (Å²) in [7, 11) is 1.61. The molecule has 3 rings (SSSR count). The van der Waals surface area contributed by atoms with Gasteiger partial charge in [-0.25, -0.2) is 0 Å². The van der Waals surface area contributed by atoms with Crippen molar-refractivity contribution in [2.45, 2.75) is 44.6 Å². The lowest BCUT2D eigenvalue weighted by atomic mass is 9.99. The summed E-state index contributed by atoms with van der Waals surface area (Å²) in [5.41, 5.74) is 0.0448. The first-order valence-corrected chi connectivity index (χ1v) is 9.43. The van der Waals surface area contributed by atoms with E-state index in [2.05, 4.69) is 10.2 Å². The number of nitrogens with zero attached hydrogens (tertiary/aromatic N) is 1. The summed E-state index contributed by atoms with van der Waals surface area (Å²) >= 11 is 0. The van der Waals surface area contributed by atoms with Crippen molar-refractivity contribution in [2.75, 3.05) is 38.7 Å². The second-order valence-electron chi connectivity index (χ2n) is 7.31. The van der Waals surface area contributed by atoms with Gasteiger partial charge in [-0.05, 0) is 82.3 Å². The van der Waals surface area contributed by atoms with Crippen LogP contribution < -0.4 is 10.1 Å². The van der Waals surface area contributed by atoms with Crippen LogP contribution in [0.3, 0.4) is 0 Å². The van der Waals surface area contributed by atoms with Gasteiger partial charge in [-0.1, -0.05) is 0 Å². The van der Waals surface area contributed by atoms with Crippen LogP contribution in [0.2, 0.25) is 0 Å². The molecule has 1 heterocycles. The summed E-state index contributed by atoms with van der Waals surface area (Å²) in [6, 6.07) is 7.59. The standard InChI is InChI=1S/C20H30N2O3/c1-20(24-2,16-6-7-16)19(23)21-17-8-10-18(11-9-17)25-15-5-14-22-12-3-4-13-22/h8-11,16H,3-7,12-15H2,1-2H3,(H,21,23)/t20-/m0/s1. The molecule has 25 heavy (non-hydrogen) atoms. The molecule has 5 heteroatoms. The molecule has 5 nitrogen and oxygen atoms in total. The molecule has 1 amide bonds. The van der Waals surface area contributed by atoms with E-state index >= 15 is 0 Å². The molecule has 138 valence electrons. The molecule has 1 saturated carbocycles. The number of amides is 1. The minimum atomic E-state index is -0.731. The fraction of sp³-hybridized carbons (Fsp3) is 0.650. The van der Waals surface area contributed by atoms with Gasteiger partial charge in [0.2, 0.25) is 0 Å². The predicted molar refractivity (Wildman–Crippen MR) is 99.0 cm³/mol. The van der Waals surface area contributed by atoms with Gasteiger partial charge in [0.05, 0.1) is 6.61 Å². The molecule has 1 aromatic rings. The topological polar surface area (TPSA) is 50.8 Å². The molecule has 0 aromatic heterocycles. The van der Waals surface area contributed by atoms with Gasteiger partial charge in [0, 0.05) is 19.3 Å². The third kappa shape index (κ3) is 4.73. The maximum absolute atomic E-state index is 12.5. The first kappa shape index (κ1) is 18.2. The van der Waals surface area contributed by atoms with Gasteiger partial charge in [0.25, 0.3) is 5.91 Å². The molecule has 1 saturated heterocycles. The number of hydrogen-bond donors (Lipinski definition) is 1. The quantitative estimate of drug-likeness (QED) is 0.697. The summed E-state index contributed by atoms with van der Waals surface area (Å²) in [5, 5.41) is 2.96. The highest BCUT2D eigenvalue weighted by molar-refractivity contribution is 5.97. The van der Waals surface area contributed by atoms with Crippen molar-refractivity contribution in [1.29, 1.82) is 0 Å². The van der Waals surface area contributed by atoms with Gasteiger partial charge >= 0.3 is 0 Å². The molecule has 0 spiro atoms. The lowest BCUT2D eigenvalue weighted by Crippen LogP contribution is -2.43. The van der Waals surface area contributed by atoms with E-state index in [4.69, 9.17) is 9.47 Å². The maximum atomic E-state index is 12.5. The van der Waals surface area contributed by atoms with E-state index < -0.39 is 5.60 Å². The van der Waals surface area contributed by atoms with Crippen molar-refractivity contribution in [3.8, 4) is 5.75 Å². The number of nitrogens with one attached hydrogen (secondary N) is 1. The molecular weight excluding hydrogens is 316 g/mol. The van der Waals surface area contributed by atoms with Crippen molar-refractivity contribution in [1.82, 2.24) is 4.90 Å². The van der Waals surface area contributed by atoms with Crippen LogP contribution in [0.1, 0.15) is 39.0 Å². The summed E-state index contributed by atoms with van der Waals surface area (Å²) in [6.07, 6.45) is 5.82. The summed E-state index contributed by atoms with van der Waals surface area (Å²) in [4.78, 5) is 15.0. The number of ether oxygens (including phenoxy) is 2. The van der Waals surface area contributed by atoms with Crippen molar-refractivity contribution in [3.05, 3.63) is 24.3 Å². The van der Waals surface area contributed by atoms with E-state index in [0.29, 0.717) is 5.92 Å². The van der Waals surface area contributed by atoms with Crippen LogP contribution in [0, 0.1) is 5.92 Å². The Labute approximate surface area is 150 Å². The number of rotatable bonds is 9. The maximum Gasteiger partial charge on any atom is 0.256 e. The van der Waals surface area contributed by atoms with E-state index in [0.717, 1.165) is 43.9 Å². The number of carbonyl (C=O) groups is 1. The minimum absolute atomic E-state index is 0.0724. The Bertz CT molecular complexity index is 565. The minimum Gasteiger partial charge on any atom is -0.494 e. The molecular formula is C20H30N2O3. The summed E-state index contributed by atoms with van der Waals surface area (Å²) < 4.78 is 11.3. The second kappa shape index (κ2) is 8.19. The normalized spacial score (nSPS) is 20.2. The van der Waals surface area contributed by atoms with Gasteiger partial charge in [-0.2, -0.15) is 0 Å². The zero-order valence-electron chi connectivity index (χ0n) is 15.4. The Morgan fingerprint density at radius 3 is 2.52 bits per heavy atom. The monoisotopic (exact) mass is 346 g/mol. The van der Waals surface area contributed by atoms with Crippen molar-refractivity contribution < 1.29 is 14.3 Å². The third-order valence-corrected chi connectivity index (χ3v) is 5.43. The van der Waals surface area contributed by atoms with Gasteiger partial charge in [0.1, 0.15) is 11.4 Å². The van der Waals surface area contributed by atoms with Gasteiger partial charge in [0.15, 0.2) is 0 Å². The second-order valence-corrected chi connectivity index (χ2v) is 7.31. The molecule has 1 atom stereocenters. The summed E-state index contributed by atoms with van der Waals surface area (Å²) in [6.45, 7) is 6.18. The van der Waals surface area contributed by atoms with Gasteiger partial charge in [-0.3, -0.25) is 4.79 Å². The molecule has 0 unspecified atom stereocenters. The van der Waals surface area contributed by atoms with E-state index in [1.54, 1.807) is 7.11 Å². The molecule has 2 fully saturated rings. The van der Waals surface area contributed by atoms with Crippen LogP contribution in [0.25, 0.3) is 0 Å². The number of anilines is 1. The first-order valence-electron chi connectivity index (χ1n) is 9.43. The smallest absolute Gasteiger partial charge is 0.256 e. The number of benzene rings is 1. The largest absolute Gasteiger partial charge is 0.494 e. The molecule has 0 radical (unpaired) electrons. The highest BCUT2D eigenvalue weighted by Gasteiger charge is 2.47. The molecule has 1 N–H and O–H groups in total. The number of hydrogen-bond acceptors (Lipinski definition) is 4. The first-order chi connectivity index (χ1) is 12.1. The van der Waals surface area contributed by atoms with E-state index in [-0.39, 0.29) is 5.91 Å². The van der Waals surface area contributed by atoms with Crippen molar-refractivity contribution in [2.24, 2.45) is 5.92 Å². The Hall–Kier alpha value is -1.59. The van der Waals surface area contributed by atoms with Crippen LogP contribution in [-0.4, -0.2) is 49.8 Å². The van der Waals surface area contributed by atoms with Gasteiger partial charge in [-0.15, -0.1) is 0 Å². The molecule has 1 aliphatic heterocycles. The number of carbonyl (C=O) groups excluding carboxylic acids is 1. The molecule has 1 aromatic carbocycles. The van der Waals surface area contributed by atoms with E-state index in [1.807, 2.05) is 31.2 Å². The lowest BCUT2D eigenvalue weighted by molar-refractivity contribution is -0.138. The molecule has 0 bridgehead atoms. The lowest BCUT2D eigenvalue weighted by Gasteiger charge is -2.26. The van der Waals surface area contributed by atoms with Crippen LogP contribution in [-0.2, 0) is 9.53 Å². The van der Waals surface area contributed by atoms with Crippen LogP contribution >= 0.6 is 0 Å². The molecule has 2 aliphatic rings. The number of likely N-dealkylation sites (tertiary alicyclic amines) is 1. The van der Waals surface area contributed by atoms with Crippen molar-refractivity contribution >= 4 is 11.6 Å². The third-order valence-electron chi connectivity index (χ3n) is 5.43.